The third-order valence-electron chi connectivity index (χ3n) is 1.67. The van der Waals surface area contributed by atoms with Gasteiger partial charge in [-0.25, -0.2) is 15.0 Å². The van der Waals surface area contributed by atoms with Gasteiger partial charge >= 0.3 is 0 Å². The molecule has 72 valence electrons. The maximum atomic E-state index is 4.11. The molecule has 2 heterocycles. The minimum atomic E-state index is 0.688. The molecule has 0 aliphatic heterocycles. The van der Waals surface area contributed by atoms with Gasteiger partial charge in [0.2, 0.25) is 0 Å². The van der Waals surface area contributed by atoms with Gasteiger partial charge in [-0.05, 0) is 22.6 Å². The minimum absolute atomic E-state index is 0.688. The first kappa shape index (κ1) is 9.38. The molecule has 0 unspecified atom stereocenters. The molecule has 0 saturated heterocycles. The Morgan fingerprint density at radius 3 is 3.00 bits per heavy atom. The van der Waals surface area contributed by atoms with Crippen LogP contribution in [0.4, 0.5) is 5.82 Å². The number of anilines is 1. The summed E-state index contributed by atoms with van der Waals surface area (Å²) in [6, 6.07) is 0. The fourth-order valence-corrected chi connectivity index (χ4v) is 1.49. The summed E-state index contributed by atoms with van der Waals surface area (Å²) < 4.78 is 1.00. The number of imidazole rings is 1. The molecule has 2 rings (SSSR count). The van der Waals surface area contributed by atoms with Gasteiger partial charge in [-0.1, -0.05) is 0 Å². The van der Waals surface area contributed by atoms with E-state index in [1.807, 2.05) is 0 Å². The Labute approximate surface area is 94.5 Å². The molecule has 0 fully saturated rings. The molecule has 14 heavy (non-hydrogen) atoms. The third kappa shape index (κ3) is 2.19. The smallest absolute Gasteiger partial charge is 0.143 e. The van der Waals surface area contributed by atoms with E-state index in [9.17, 15) is 0 Å². The summed E-state index contributed by atoms with van der Waals surface area (Å²) in [5.74, 6) is 0.843. The maximum Gasteiger partial charge on any atom is 0.143 e. The summed E-state index contributed by atoms with van der Waals surface area (Å²) in [6.07, 6.45) is 6.73. The molecule has 0 aliphatic rings. The summed E-state index contributed by atoms with van der Waals surface area (Å²) in [5.41, 5.74) is 1.03. The molecular weight excluding hydrogens is 293 g/mol. The Balaban J connectivity index is 2.02. The van der Waals surface area contributed by atoms with Crippen molar-refractivity contribution in [1.82, 2.24) is 19.9 Å². The molecule has 0 radical (unpaired) electrons. The zero-order valence-corrected chi connectivity index (χ0v) is 9.39. The monoisotopic (exact) mass is 301 g/mol. The van der Waals surface area contributed by atoms with Crippen LogP contribution in [-0.2, 0) is 6.54 Å². The van der Waals surface area contributed by atoms with E-state index >= 15 is 0 Å². The van der Waals surface area contributed by atoms with Crippen molar-refractivity contribution >= 4 is 28.4 Å². The minimum Gasteiger partial charge on any atom is -0.363 e. The molecule has 0 aromatic carbocycles. The van der Waals surface area contributed by atoms with Crippen LogP contribution >= 0.6 is 22.6 Å². The lowest BCUT2D eigenvalue weighted by molar-refractivity contribution is 1.03. The van der Waals surface area contributed by atoms with E-state index in [4.69, 9.17) is 0 Å². The maximum absolute atomic E-state index is 4.11. The highest BCUT2D eigenvalue weighted by Crippen LogP contribution is 2.12. The lowest BCUT2D eigenvalue weighted by Gasteiger charge is -2.04. The van der Waals surface area contributed by atoms with Crippen molar-refractivity contribution in [1.29, 1.82) is 0 Å². The van der Waals surface area contributed by atoms with Crippen LogP contribution < -0.4 is 5.32 Å². The standard InChI is InChI=1S/C8H8IN5/c9-7-3-11-5-14-8(7)12-2-6-1-10-4-13-6/h1,3-5H,2H2,(H,10,13)(H,11,12,14). The van der Waals surface area contributed by atoms with E-state index in [2.05, 4.69) is 47.8 Å². The molecule has 0 atom stereocenters. The van der Waals surface area contributed by atoms with Crippen LogP contribution in [-0.4, -0.2) is 19.9 Å². The molecular formula is C8H8IN5. The van der Waals surface area contributed by atoms with Gasteiger partial charge in [0.25, 0.3) is 0 Å². The molecule has 2 aromatic heterocycles. The van der Waals surface area contributed by atoms with E-state index in [1.165, 1.54) is 6.33 Å². The first-order valence-electron chi connectivity index (χ1n) is 4.03. The van der Waals surface area contributed by atoms with Crippen molar-refractivity contribution in [3.63, 3.8) is 0 Å². The number of hydrogen-bond donors (Lipinski definition) is 2. The Hall–Kier alpha value is -1.18. The Kier molecular flexibility index (Phi) is 2.92. The van der Waals surface area contributed by atoms with E-state index < -0.39 is 0 Å². The van der Waals surface area contributed by atoms with Crippen molar-refractivity contribution in [3.8, 4) is 0 Å². The Morgan fingerprint density at radius 1 is 1.36 bits per heavy atom. The summed E-state index contributed by atoms with van der Waals surface area (Å²) >= 11 is 2.19. The highest BCUT2D eigenvalue weighted by Gasteiger charge is 2.00. The second kappa shape index (κ2) is 4.36. The first-order valence-corrected chi connectivity index (χ1v) is 5.11. The van der Waals surface area contributed by atoms with Crippen LogP contribution in [0, 0.1) is 3.57 Å². The van der Waals surface area contributed by atoms with Gasteiger partial charge in [-0.15, -0.1) is 0 Å². The highest BCUT2D eigenvalue weighted by atomic mass is 127. The summed E-state index contributed by atoms with van der Waals surface area (Å²) in [4.78, 5) is 15.0. The lowest BCUT2D eigenvalue weighted by atomic mass is 10.4. The summed E-state index contributed by atoms with van der Waals surface area (Å²) in [5, 5.41) is 3.19. The number of nitrogens with one attached hydrogen (secondary N) is 2. The topological polar surface area (TPSA) is 66.5 Å². The van der Waals surface area contributed by atoms with Crippen LogP contribution in [0.25, 0.3) is 0 Å². The lowest BCUT2D eigenvalue weighted by Crippen LogP contribution is -2.03. The number of halogens is 1. The van der Waals surface area contributed by atoms with Crippen molar-refractivity contribution < 1.29 is 0 Å². The number of aromatic amines is 1. The largest absolute Gasteiger partial charge is 0.363 e. The molecule has 5 nitrogen and oxygen atoms in total. The fourth-order valence-electron chi connectivity index (χ4n) is 1.00. The number of nitrogens with zero attached hydrogens (tertiary/aromatic N) is 3. The average molecular weight is 301 g/mol. The van der Waals surface area contributed by atoms with Crippen LogP contribution in [0.15, 0.2) is 25.0 Å². The molecule has 0 saturated carbocycles. The van der Waals surface area contributed by atoms with Gasteiger partial charge in [0.05, 0.1) is 22.1 Å². The van der Waals surface area contributed by atoms with Crippen molar-refractivity contribution in [2.45, 2.75) is 6.54 Å². The van der Waals surface area contributed by atoms with E-state index in [-0.39, 0.29) is 0 Å². The normalized spacial score (nSPS) is 10.1. The van der Waals surface area contributed by atoms with Gasteiger partial charge in [-0.3, -0.25) is 0 Å². The zero-order chi connectivity index (χ0) is 9.80. The summed E-state index contributed by atoms with van der Waals surface area (Å²) in [7, 11) is 0. The van der Waals surface area contributed by atoms with E-state index in [0.29, 0.717) is 6.54 Å². The Morgan fingerprint density at radius 2 is 2.29 bits per heavy atom. The number of H-pyrrole nitrogens is 1. The molecule has 6 heteroatoms. The van der Waals surface area contributed by atoms with Crippen molar-refractivity contribution in [2.24, 2.45) is 0 Å². The number of rotatable bonds is 3. The second-order valence-electron chi connectivity index (χ2n) is 2.65. The molecule has 2 N–H and O–H groups in total. The quantitative estimate of drug-likeness (QED) is 0.841. The zero-order valence-electron chi connectivity index (χ0n) is 7.24. The van der Waals surface area contributed by atoms with Gasteiger partial charge in [0.15, 0.2) is 0 Å². The Bertz CT molecular complexity index is 400. The first-order chi connectivity index (χ1) is 6.86. The predicted molar refractivity (Wildman–Crippen MR) is 60.7 cm³/mol. The molecule has 0 spiro atoms. The summed E-state index contributed by atoms with van der Waals surface area (Å²) in [6.45, 7) is 0.688. The SMILES string of the molecule is Ic1cncnc1NCc1cnc[nH]1. The van der Waals surface area contributed by atoms with Crippen molar-refractivity contribution in [2.75, 3.05) is 5.32 Å². The predicted octanol–water partition coefficient (Wildman–Crippen LogP) is 1.42. The average Bonchev–Trinajstić information content (AvgIpc) is 2.69. The van der Waals surface area contributed by atoms with Crippen LogP contribution in [0.5, 0.6) is 0 Å². The highest BCUT2D eigenvalue weighted by molar-refractivity contribution is 14.1. The molecule has 0 bridgehead atoms. The van der Waals surface area contributed by atoms with Gasteiger partial charge in [0, 0.05) is 12.4 Å². The van der Waals surface area contributed by atoms with Gasteiger partial charge in [-0.2, -0.15) is 0 Å². The third-order valence-corrected chi connectivity index (χ3v) is 2.46. The van der Waals surface area contributed by atoms with Crippen LogP contribution in [0.1, 0.15) is 5.69 Å². The molecule has 0 aliphatic carbocycles. The van der Waals surface area contributed by atoms with Crippen LogP contribution in [0.3, 0.4) is 0 Å². The van der Waals surface area contributed by atoms with Crippen LogP contribution in [0.2, 0.25) is 0 Å². The number of hydrogen-bond acceptors (Lipinski definition) is 4. The van der Waals surface area contributed by atoms with Gasteiger partial charge < -0.3 is 10.3 Å². The van der Waals surface area contributed by atoms with E-state index in [0.717, 1.165) is 15.1 Å². The molecule has 2 aromatic rings. The van der Waals surface area contributed by atoms with Gasteiger partial charge in [0.1, 0.15) is 12.1 Å². The van der Waals surface area contributed by atoms with E-state index in [1.54, 1.807) is 18.7 Å². The second-order valence-corrected chi connectivity index (χ2v) is 3.81. The van der Waals surface area contributed by atoms with Crippen molar-refractivity contribution in [3.05, 3.63) is 34.3 Å². The number of aromatic nitrogens is 4. The fraction of sp³-hybridized carbons (Fsp3) is 0.125. The molecule has 0 amide bonds.